The first-order chi connectivity index (χ1) is 4.00. The van der Waals surface area contributed by atoms with Gasteiger partial charge in [0.05, 0.1) is 0 Å². The third kappa shape index (κ3) is 820. The van der Waals surface area contributed by atoms with Crippen molar-refractivity contribution in [1.29, 1.82) is 0 Å². The van der Waals surface area contributed by atoms with Gasteiger partial charge in [-0.2, -0.15) is 27.7 Å². The molecule has 0 fully saturated rings. The van der Waals surface area contributed by atoms with E-state index in [9.17, 15) is 0 Å². The molecule has 0 spiro atoms. The largest absolute Gasteiger partial charge is 4.00 e. The summed E-state index contributed by atoms with van der Waals surface area (Å²) in [7, 11) is 0. The predicted molar refractivity (Wildman–Crippen MR) is 44.1 cm³/mol. The second kappa shape index (κ2) is 1080. The molecule has 0 nitrogen and oxygen atoms in total. The van der Waals surface area contributed by atoms with E-state index in [1.54, 1.807) is 27.7 Å². The second-order valence-corrected chi connectivity index (χ2v) is 0. The molecule has 0 N–H and O–H groups in total. The Morgan fingerprint density at radius 1 is 0.444 bits per heavy atom. The van der Waals surface area contributed by atoms with E-state index in [1.165, 1.54) is 0 Å². The summed E-state index contributed by atoms with van der Waals surface area (Å²) in [6.07, 6.45) is 0. The van der Waals surface area contributed by atoms with Crippen LogP contribution >= 0.6 is 0 Å². The zero-order chi connectivity index (χ0) is 8.00. The monoisotopic (exact) mass is 311 g/mol. The smallest absolute Gasteiger partial charge is 0.346 e. The molecule has 0 unspecified atom stereocenters. The minimum absolute atomic E-state index is 0. The summed E-state index contributed by atoms with van der Waals surface area (Å²) in [5, 5.41) is 0. The molecule has 9 heavy (non-hydrogen) atoms. The zero-order valence-electron chi connectivity index (χ0n) is 7.14. The van der Waals surface area contributed by atoms with Crippen LogP contribution < -0.4 is 0 Å². The van der Waals surface area contributed by atoms with Gasteiger partial charge in [0.15, 0.2) is 0 Å². The number of hydrogen-bond acceptors (Lipinski definition) is 0. The van der Waals surface area contributed by atoms with Gasteiger partial charge in [0.25, 0.3) is 0 Å². The fourth-order valence-electron chi connectivity index (χ4n) is 0. The van der Waals surface area contributed by atoms with Crippen molar-refractivity contribution in [2.45, 2.75) is 27.7 Å². The van der Waals surface area contributed by atoms with Crippen LogP contribution in [0.25, 0.3) is 0 Å². The molecule has 0 bridgehead atoms. The van der Waals surface area contributed by atoms with E-state index < -0.39 is 0 Å². The van der Waals surface area contributed by atoms with Crippen molar-refractivity contribution in [3.63, 3.8) is 0 Å². The summed E-state index contributed by atoms with van der Waals surface area (Å²) in [6, 6.07) is 0. The van der Waals surface area contributed by atoms with Crippen LogP contribution in [0, 0.1) is 27.7 Å². The Morgan fingerprint density at radius 2 is 0.444 bits per heavy atom. The summed E-state index contributed by atoms with van der Waals surface area (Å²) in [5.74, 6) is 0. The maximum Gasteiger partial charge on any atom is 4.00 e. The average molecular weight is 311 g/mol. The normalized spacial score (nSPS) is 2.67. The minimum atomic E-state index is 0. The molecule has 0 saturated heterocycles. The summed E-state index contributed by atoms with van der Waals surface area (Å²) >= 11 is 0. The Kier molecular flexibility index (Phi) is 4010. The van der Waals surface area contributed by atoms with Crippen molar-refractivity contribution in [1.82, 2.24) is 0 Å². The maximum absolute atomic E-state index is 3.25. The van der Waals surface area contributed by atoms with Crippen LogP contribution in [0.3, 0.4) is 0 Å². The summed E-state index contributed by atoms with van der Waals surface area (Å²) in [5.41, 5.74) is 0. The number of rotatable bonds is 0. The van der Waals surface area contributed by atoms with Gasteiger partial charge in [0.1, 0.15) is 0 Å². The molecule has 0 aromatic carbocycles. The number of hydrogen-bond donors (Lipinski definition) is 0. The topological polar surface area (TPSA) is 0 Å². The van der Waals surface area contributed by atoms with Gasteiger partial charge in [-0.25, -0.2) is 0 Å². The van der Waals surface area contributed by atoms with Gasteiger partial charge in [0.2, 0.25) is 0 Å². The second-order valence-electron chi connectivity index (χ2n) is 0. The molecule has 0 heterocycles. The van der Waals surface area contributed by atoms with Crippen LogP contribution in [-0.4, -0.2) is 0 Å². The van der Waals surface area contributed by atoms with Gasteiger partial charge in [0, 0.05) is 0 Å². The van der Waals surface area contributed by atoms with Crippen molar-refractivity contribution >= 4 is 0 Å². The SMILES string of the molecule is [CH2-]C.[CH2-]C.[CH2-]C.[CH2-]C.[Pt+4]. The van der Waals surface area contributed by atoms with Gasteiger partial charge < -0.3 is 27.7 Å². The molecule has 0 aliphatic carbocycles. The van der Waals surface area contributed by atoms with E-state index in [1.807, 2.05) is 0 Å². The van der Waals surface area contributed by atoms with Crippen LogP contribution in [-0.2, 0) is 21.1 Å². The van der Waals surface area contributed by atoms with Crippen molar-refractivity contribution in [2.75, 3.05) is 0 Å². The summed E-state index contributed by atoms with van der Waals surface area (Å²) in [4.78, 5) is 0. The van der Waals surface area contributed by atoms with E-state index >= 15 is 0 Å². The maximum atomic E-state index is 3.25. The van der Waals surface area contributed by atoms with Gasteiger partial charge >= 0.3 is 21.1 Å². The fourth-order valence-corrected chi connectivity index (χ4v) is 0. The van der Waals surface area contributed by atoms with E-state index in [0.717, 1.165) is 0 Å². The molecule has 0 atom stereocenters. The molecule has 1 heteroatoms. The molecule has 0 radical (unpaired) electrons. The molecule has 0 rings (SSSR count). The van der Waals surface area contributed by atoms with Gasteiger partial charge in [-0.15, -0.1) is 0 Å². The first-order valence-electron chi connectivity index (χ1n) is 2.83. The molecule has 0 aliphatic rings. The van der Waals surface area contributed by atoms with Crippen LogP contribution in [0.5, 0.6) is 0 Å². The molecule has 0 saturated carbocycles. The van der Waals surface area contributed by atoms with Crippen molar-refractivity contribution < 1.29 is 21.1 Å². The Labute approximate surface area is 76.7 Å². The van der Waals surface area contributed by atoms with Crippen molar-refractivity contribution in [2.24, 2.45) is 0 Å². The van der Waals surface area contributed by atoms with Crippen LogP contribution in [0.2, 0.25) is 0 Å². The van der Waals surface area contributed by atoms with Crippen molar-refractivity contribution in [3.05, 3.63) is 27.7 Å². The standard InChI is InChI=1S/4C2H5.Pt/c4*1-2;/h4*1H2,2H3;/q4*-1;+4. The fraction of sp³-hybridized carbons (Fsp3) is 0.500. The van der Waals surface area contributed by atoms with Gasteiger partial charge in [-0.1, -0.05) is 0 Å². The average Bonchev–Trinajstić information content (AvgIpc) is 2.03. The third-order valence-electron chi connectivity index (χ3n) is 0. The molecule has 62 valence electrons. The predicted octanol–water partition coefficient (Wildman–Crippen LogP) is 3.36. The minimum Gasteiger partial charge on any atom is -0.346 e. The molecule has 0 aliphatic heterocycles. The molecule has 0 aromatic heterocycles. The van der Waals surface area contributed by atoms with Crippen LogP contribution in [0.1, 0.15) is 27.7 Å². The quantitative estimate of drug-likeness (QED) is 0.602. The molecular formula is C8H20Pt. The van der Waals surface area contributed by atoms with E-state index in [2.05, 4.69) is 27.7 Å². The van der Waals surface area contributed by atoms with E-state index in [4.69, 9.17) is 0 Å². The van der Waals surface area contributed by atoms with Crippen LogP contribution in [0.15, 0.2) is 0 Å². The van der Waals surface area contributed by atoms with Crippen molar-refractivity contribution in [3.8, 4) is 0 Å². The molecule has 0 amide bonds. The Balaban J connectivity index is -0.00000000762. The summed E-state index contributed by atoms with van der Waals surface area (Å²) < 4.78 is 0. The van der Waals surface area contributed by atoms with Gasteiger partial charge in [-0.05, 0) is 0 Å². The van der Waals surface area contributed by atoms with Gasteiger partial charge in [-0.3, -0.25) is 0 Å². The first kappa shape index (κ1) is 33.3. The Morgan fingerprint density at radius 3 is 0.444 bits per heavy atom. The van der Waals surface area contributed by atoms with Crippen LogP contribution in [0.4, 0.5) is 0 Å². The van der Waals surface area contributed by atoms with E-state index in [0.29, 0.717) is 0 Å². The molecule has 0 aromatic rings. The Hall–Kier alpha value is 0.688. The zero-order valence-corrected chi connectivity index (χ0v) is 9.42. The summed E-state index contributed by atoms with van der Waals surface area (Å²) in [6.45, 7) is 20.0. The molecular weight excluding hydrogens is 291 g/mol. The third-order valence-corrected chi connectivity index (χ3v) is 0. The Bertz CT molecular complexity index is 4.53. The van der Waals surface area contributed by atoms with E-state index in [-0.39, 0.29) is 21.1 Å². The first-order valence-corrected chi connectivity index (χ1v) is 2.83.